The molecule has 0 saturated heterocycles. The molecule has 0 aromatic heterocycles. The van der Waals surface area contributed by atoms with Crippen molar-refractivity contribution < 1.29 is 9.72 Å². The number of hydrogen-bond donors (Lipinski definition) is 1. The van der Waals surface area contributed by atoms with Crippen molar-refractivity contribution in [1.82, 2.24) is 10.2 Å². The van der Waals surface area contributed by atoms with Gasteiger partial charge in [0.1, 0.15) is 0 Å². The van der Waals surface area contributed by atoms with Crippen molar-refractivity contribution in [2.75, 3.05) is 13.1 Å². The fourth-order valence-corrected chi connectivity index (χ4v) is 2.67. The molecule has 120 valence electrons. The number of non-ortho nitro benzene ring substituents is 1. The lowest BCUT2D eigenvalue weighted by molar-refractivity contribution is -0.384. The molecule has 0 unspecified atom stereocenters. The molecule has 1 saturated carbocycles. The molecule has 1 aliphatic rings. The first-order valence-electron chi connectivity index (χ1n) is 7.38. The summed E-state index contributed by atoms with van der Waals surface area (Å²) in [5.74, 6) is -0.381. The van der Waals surface area contributed by atoms with Gasteiger partial charge in [-0.1, -0.05) is 11.6 Å². The van der Waals surface area contributed by atoms with Crippen molar-refractivity contribution in [3.8, 4) is 0 Å². The minimum Gasteiger partial charge on any atom is -0.351 e. The van der Waals surface area contributed by atoms with Gasteiger partial charge >= 0.3 is 0 Å². The van der Waals surface area contributed by atoms with E-state index in [4.69, 9.17) is 11.6 Å². The maximum Gasteiger partial charge on any atom is 0.270 e. The van der Waals surface area contributed by atoms with Gasteiger partial charge in [-0.15, -0.1) is 0 Å². The van der Waals surface area contributed by atoms with Crippen LogP contribution in [0.4, 0.5) is 5.69 Å². The molecule has 1 amide bonds. The Hall–Kier alpha value is -1.66. The van der Waals surface area contributed by atoms with Gasteiger partial charge in [0.2, 0.25) is 0 Å². The highest BCUT2D eigenvalue weighted by Gasteiger charge is 2.30. The highest BCUT2D eigenvalue weighted by atomic mass is 35.5. The van der Waals surface area contributed by atoms with E-state index < -0.39 is 4.92 Å². The summed E-state index contributed by atoms with van der Waals surface area (Å²) in [7, 11) is 0. The molecule has 1 aliphatic carbocycles. The van der Waals surface area contributed by atoms with E-state index in [1.165, 1.54) is 31.0 Å². The normalized spacial score (nSPS) is 14.4. The molecule has 0 aliphatic heterocycles. The van der Waals surface area contributed by atoms with E-state index in [0.717, 1.165) is 6.54 Å². The van der Waals surface area contributed by atoms with Crippen LogP contribution in [0.25, 0.3) is 0 Å². The highest BCUT2D eigenvalue weighted by Crippen LogP contribution is 2.28. The van der Waals surface area contributed by atoms with E-state index >= 15 is 0 Å². The summed E-state index contributed by atoms with van der Waals surface area (Å²) >= 11 is 5.95. The molecule has 0 spiro atoms. The molecule has 0 bridgehead atoms. The third-order valence-electron chi connectivity index (χ3n) is 3.74. The van der Waals surface area contributed by atoms with Crippen molar-refractivity contribution >= 4 is 23.2 Å². The highest BCUT2D eigenvalue weighted by molar-refractivity contribution is 6.33. The molecule has 2 rings (SSSR count). The topological polar surface area (TPSA) is 75.5 Å². The summed E-state index contributed by atoms with van der Waals surface area (Å²) in [6.45, 7) is 5.53. The number of hydrogen-bond acceptors (Lipinski definition) is 4. The Morgan fingerprint density at radius 3 is 2.73 bits per heavy atom. The Labute approximate surface area is 134 Å². The van der Waals surface area contributed by atoms with Crippen LogP contribution in [0.3, 0.4) is 0 Å². The van der Waals surface area contributed by atoms with E-state index in [-0.39, 0.29) is 22.2 Å². The standard InChI is InChI=1S/C15H20ClN3O3/c1-10(2)18(11-3-4-11)8-7-17-15(20)13-9-12(19(21)22)5-6-14(13)16/h5-6,9-11H,3-4,7-8H2,1-2H3,(H,17,20). The minimum absolute atomic E-state index is 0.137. The van der Waals surface area contributed by atoms with Crippen molar-refractivity contribution in [2.24, 2.45) is 0 Å². The molecule has 1 aromatic carbocycles. The third kappa shape index (κ3) is 4.18. The number of nitrogens with zero attached hydrogens (tertiary/aromatic N) is 2. The van der Waals surface area contributed by atoms with E-state index in [0.29, 0.717) is 18.6 Å². The second-order valence-corrected chi connectivity index (χ2v) is 6.15. The van der Waals surface area contributed by atoms with Gasteiger partial charge in [0.05, 0.1) is 15.5 Å². The van der Waals surface area contributed by atoms with Crippen LogP contribution in [-0.2, 0) is 0 Å². The van der Waals surface area contributed by atoms with Crippen LogP contribution in [0.15, 0.2) is 18.2 Å². The molecule has 1 aromatic rings. The molecule has 0 atom stereocenters. The molecule has 7 heteroatoms. The number of rotatable bonds is 7. The average molecular weight is 326 g/mol. The summed E-state index contributed by atoms with van der Waals surface area (Å²) in [4.78, 5) is 24.7. The second-order valence-electron chi connectivity index (χ2n) is 5.74. The molecule has 6 nitrogen and oxygen atoms in total. The molecule has 1 N–H and O–H groups in total. The number of benzene rings is 1. The molecule has 1 fully saturated rings. The Morgan fingerprint density at radius 2 is 2.18 bits per heavy atom. The van der Waals surface area contributed by atoms with Gasteiger partial charge in [-0.3, -0.25) is 19.8 Å². The van der Waals surface area contributed by atoms with Crippen LogP contribution >= 0.6 is 11.6 Å². The number of carbonyl (C=O) groups excluding carboxylic acids is 1. The maximum atomic E-state index is 12.1. The summed E-state index contributed by atoms with van der Waals surface area (Å²) in [5, 5.41) is 13.8. The monoisotopic (exact) mass is 325 g/mol. The summed E-state index contributed by atoms with van der Waals surface area (Å²) in [6.07, 6.45) is 2.42. The van der Waals surface area contributed by atoms with Crippen LogP contribution in [0, 0.1) is 10.1 Å². The number of amides is 1. The third-order valence-corrected chi connectivity index (χ3v) is 4.07. The van der Waals surface area contributed by atoms with Crippen molar-refractivity contribution in [3.63, 3.8) is 0 Å². The fourth-order valence-electron chi connectivity index (χ4n) is 2.46. The van der Waals surface area contributed by atoms with Crippen molar-refractivity contribution in [3.05, 3.63) is 38.9 Å². The van der Waals surface area contributed by atoms with Gasteiger partial charge in [-0.05, 0) is 32.8 Å². The zero-order valence-corrected chi connectivity index (χ0v) is 13.5. The minimum atomic E-state index is -0.541. The Bertz CT molecular complexity index is 571. The van der Waals surface area contributed by atoms with Gasteiger partial charge in [0.25, 0.3) is 11.6 Å². The molecular weight excluding hydrogens is 306 g/mol. The van der Waals surface area contributed by atoms with E-state index in [2.05, 4.69) is 24.1 Å². The maximum absolute atomic E-state index is 12.1. The zero-order chi connectivity index (χ0) is 16.3. The van der Waals surface area contributed by atoms with Crippen LogP contribution < -0.4 is 5.32 Å². The second kappa shape index (κ2) is 7.07. The van der Waals surface area contributed by atoms with Crippen LogP contribution in [0.5, 0.6) is 0 Å². The predicted octanol–water partition coefficient (Wildman–Crippen LogP) is 2.85. The first-order chi connectivity index (χ1) is 10.4. The van der Waals surface area contributed by atoms with Crippen molar-refractivity contribution in [1.29, 1.82) is 0 Å². The molecule has 22 heavy (non-hydrogen) atoms. The Morgan fingerprint density at radius 1 is 1.50 bits per heavy atom. The van der Waals surface area contributed by atoms with Gasteiger partial charge in [0.15, 0.2) is 0 Å². The number of nitro benzene ring substituents is 1. The van der Waals surface area contributed by atoms with E-state index in [1.807, 2.05) is 0 Å². The lowest BCUT2D eigenvalue weighted by Gasteiger charge is -2.26. The summed E-state index contributed by atoms with van der Waals surface area (Å²) in [6, 6.07) is 4.93. The number of carbonyl (C=O) groups is 1. The van der Waals surface area contributed by atoms with Gasteiger partial charge < -0.3 is 5.32 Å². The lowest BCUT2D eigenvalue weighted by Crippen LogP contribution is -2.40. The molecule has 0 heterocycles. The smallest absolute Gasteiger partial charge is 0.270 e. The zero-order valence-electron chi connectivity index (χ0n) is 12.7. The SMILES string of the molecule is CC(C)N(CCNC(=O)c1cc([N+](=O)[O-])ccc1Cl)C1CC1. The first kappa shape index (κ1) is 16.7. The largest absolute Gasteiger partial charge is 0.351 e. The number of nitro groups is 1. The van der Waals surface area contributed by atoms with E-state index in [1.54, 1.807) is 0 Å². The Balaban J connectivity index is 1.94. The fraction of sp³-hybridized carbons (Fsp3) is 0.533. The van der Waals surface area contributed by atoms with Gasteiger partial charge in [-0.25, -0.2) is 0 Å². The van der Waals surface area contributed by atoms with E-state index in [9.17, 15) is 14.9 Å². The first-order valence-corrected chi connectivity index (χ1v) is 7.76. The quantitative estimate of drug-likeness (QED) is 0.618. The molecular formula is C15H20ClN3O3. The summed E-state index contributed by atoms with van der Waals surface area (Å²) in [5.41, 5.74) is -0.00489. The van der Waals surface area contributed by atoms with Gasteiger partial charge in [-0.2, -0.15) is 0 Å². The number of nitrogens with one attached hydrogen (secondary N) is 1. The lowest BCUT2D eigenvalue weighted by atomic mass is 10.2. The summed E-state index contributed by atoms with van der Waals surface area (Å²) < 4.78 is 0. The molecule has 0 radical (unpaired) electrons. The average Bonchev–Trinajstić information content (AvgIpc) is 3.27. The Kier molecular flexibility index (Phi) is 5.37. The van der Waals surface area contributed by atoms with Crippen LogP contribution in [0.1, 0.15) is 37.0 Å². The number of halogens is 1. The van der Waals surface area contributed by atoms with Crippen LogP contribution in [-0.4, -0.2) is 40.9 Å². The van der Waals surface area contributed by atoms with Gasteiger partial charge in [0, 0.05) is 37.3 Å². The predicted molar refractivity (Wildman–Crippen MR) is 85.3 cm³/mol. The van der Waals surface area contributed by atoms with Crippen LogP contribution in [0.2, 0.25) is 5.02 Å². The van der Waals surface area contributed by atoms with Crippen molar-refractivity contribution in [2.45, 2.75) is 38.8 Å².